The molecule has 2 aromatic rings. The second-order valence-corrected chi connectivity index (χ2v) is 4.51. The van der Waals surface area contributed by atoms with Crippen molar-refractivity contribution >= 4 is 29.5 Å². The van der Waals surface area contributed by atoms with Gasteiger partial charge in [0, 0.05) is 5.56 Å². The second-order valence-electron chi connectivity index (χ2n) is 3.70. The van der Waals surface area contributed by atoms with Gasteiger partial charge in [0.15, 0.2) is 6.29 Å². The van der Waals surface area contributed by atoms with Gasteiger partial charge in [-0.2, -0.15) is 0 Å². The van der Waals surface area contributed by atoms with Crippen LogP contribution in [-0.4, -0.2) is 6.29 Å². The lowest BCUT2D eigenvalue weighted by molar-refractivity contribution is 0.112. The van der Waals surface area contributed by atoms with Crippen molar-refractivity contribution in [3.8, 4) is 5.75 Å². The number of aldehydes is 1. The lowest BCUT2D eigenvalue weighted by atomic mass is 10.2. The SMILES string of the molecule is O=Cc1cc(OCc2ccccc2)c(Cl)cc1Cl. The fourth-order valence-electron chi connectivity index (χ4n) is 1.48. The van der Waals surface area contributed by atoms with Crippen LogP contribution in [0.15, 0.2) is 42.5 Å². The van der Waals surface area contributed by atoms with Gasteiger partial charge in [-0.1, -0.05) is 53.5 Å². The molecule has 0 saturated carbocycles. The average molecular weight is 281 g/mol. The van der Waals surface area contributed by atoms with E-state index in [1.807, 2.05) is 30.3 Å². The summed E-state index contributed by atoms with van der Waals surface area (Å²) in [5.74, 6) is 0.451. The highest BCUT2D eigenvalue weighted by molar-refractivity contribution is 6.37. The number of hydrogen-bond acceptors (Lipinski definition) is 2. The molecule has 0 bridgehead atoms. The van der Waals surface area contributed by atoms with Gasteiger partial charge in [-0.15, -0.1) is 0 Å². The minimum absolute atomic E-state index is 0.321. The average Bonchev–Trinajstić information content (AvgIpc) is 2.39. The van der Waals surface area contributed by atoms with Crippen molar-refractivity contribution < 1.29 is 9.53 Å². The van der Waals surface area contributed by atoms with Crippen LogP contribution in [0.1, 0.15) is 15.9 Å². The van der Waals surface area contributed by atoms with E-state index in [9.17, 15) is 4.79 Å². The Bertz CT molecular complexity index is 553. The van der Waals surface area contributed by atoms with Crippen LogP contribution in [0.3, 0.4) is 0 Å². The molecule has 0 heterocycles. The van der Waals surface area contributed by atoms with E-state index in [0.717, 1.165) is 5.56 Å². The largest absolute Gasteiger partial charge is 0.487 e. The smallest absolute Gasteiger partial charge is 0.151 e. The predicted molar refractivity (Wildman–Crippen MR) is 72.6 cm³/mol. The van der Waals surface area contributed by atoms with Crippen LogP contribution in [0, 0.1) is 0 Å². The number of carbonyl (C=O) groups is 1. The molecule has 0 N–H and O–H groups in total. The van der Waals surface area contributed by atoms with Gasteiger partial charge in [0.25, 0.3) is 0 Å². The summed E-state index contributed by atoms with van der Waals surface area (Å²) in [4.78, 5) is 10.8. The van der Waals surface area contributed by atoms with Crippen molar-refractivity contribution in [3.63, 3.8) is 0 Å². The van der Waals surface area contributed by atoms with E-state index < -0.39 is 0 Å². The predicted octanol–water partition coefficient (Wildman–Crippen LogP) is 4.38. The molecule has 18 heavy (non-hydrogen) atoms. The quantitative estimate of drug-likeness (QED) is 0.777. The third-order valence-corrected chi connectivity index (χ3v) is 3.04. The van der Waals surface area contributed by atoms with E-state index >= 15 is 0 Å². The topological polar surface area (TPSA) is 26.3 Å². The zero-order chi connectivity index (χ0) is 13.0. The molecule has 2 aromatic carbocycles. The van der Waals surface area contributed by atoms with Gasteiger partial charge < -0.3 is 4.74 Å². The monoisotopic (exact) mass is 280 g/mol. The minimum Gasteiger partial charge on any atom is -0.487 e. The normalized spacial score (nSPS) is 10.1. The number of carbonyl (C=O) groups excluding carboxylic acids is 1. The fourth-order valence-corrected chi connectivity index (χ4v) is 1.96. The van der Waals surface area contributed by atoms with Crippen LogP contribution < -0.4 is 4.74 Å². The van der Waals surface area contributed by atoms with Crippen molar-refractivity contribution in [3.05, 3.63) is 63.6 Å². The summed E-state index contributed by atoms with van der Waals surface area (Å²) in [6.45, 7) is 0.389. The third-order valence-electron chi connectivity index (χ3n) is 2.42. The Morgan fingerprint density at radius 1 is 1.06 bits per heavy atom. The van der Waals surface area contributed by atoms with Gasteiger partial charge >= 0.3 is 0 Å². The molecule has 0 radical (unpaired) electrons. The molecule has 0 amide bonds. The molecule has 92 valence electrons. The number of hydrogen-bond donors (Lipinski definition) is 0. The van der Waals surface area contributed by atoms with Gasteiger partial charge in [-0.05, 0) is 17.7 Å². The van der Waals surface area contributed by atoms with E-state index in [4.69, 9.17) is 27.9 Å². The van der Waals surface area contributed by atoms with Gasteiger partial charge in [0.2, 0.25) is 0 Å². The Labute approximate surface area is 115 Å². The molecule has 0 aromatic heterocycles. The van der Waals surface area contributed by atoms with Crippen LogP contribution in [0.5, 0.6) is 5.75 Å². The summed E-state index contributed by atoms with van der Waals surface area (Å²) in [7, 11) is 0. The Morgan fingerprint density at radius 2 is 1.78 bits per heavy atom. The maximum atomic E-state index is 10.8. The molecule has 0 spiro atoms. The zero-order valence-electron chi connectivity index (χ0n) is 9.40. The van der Waals surface area contributed by atoms with Crippen LogP contribution in [0.2, 0.25) is 10.0 Å². The summed E-state index contributed by atoms with van der Waals surface area (Å²) in [5.41, 5.74) is 1.39. The Kier molecular flexibility index (Phi) is 4.24. The molecule has 0 atom stereocenters. The Balaban J connectivity index is 2.17. The molecule has 0 aliphatic heterocycles. The minimum atomic E-state index is 0.321. The first kappa shape index (κ1) is 12.9. The van der Waals surface area contributed by atoms with E-state index in [0.29, 0.717) is 34.3 Å². The van der Waals surface area contributed by atoms with E-state index in [1.54, 1.807) is 6.07 Å². The standard InChI is InChI=1S/C14H10Cl2O2/c15-12-7-13(16)14(6-11(12)8-17)18-9-10-4-2-1-3-5-10/h1-8H,9H2. The Morgan fingerprint density at radius 3 is 2.44 bits per heavy atom. The van der Waals surface area contributed by atoms with Crippen molar-refractivity contribution in [2.75, 3.05) is 0 Å². The van der Waals surface area contributed by atoms with Gasteiger partial charge in [0.1, 0.15) is 12.4 Å². The van der Waals surface area contributed by atoms with Crippen molar-refractivity contribution in [2.45, 2.75) is 6.61 Å². The van der Waals surface area contributed by atoms with E-state index in [-0.39, 0.29) is 0 Å². The first-order chi connectivity index (χ1) is 8.70. The molecule has 4 heteroatoms. The third kappa shape index (κ3) is 3.03. The van der Waals surface area contributed by atoms with Gasteiger partial charge in [-0.3, -0.25) is 4.79 Å². The van der Waals surface area contributed by atoms with Crippen LogP contribution in [-0.2, 0) is 6.61 Å². The molecular formula is C14H10Cl2O2. The lowest BCUT2D eigenvalue weighted by Gasteiger charge is -2.09. The molecule has 0 unspecified atom stereocenters. The number of halogens is 2. The highest BCUT2D eigenvalue weighted by Gasteiger charge is 2.08. The molecule has 2 rings (SSSR count). The first-order valence-electron chi connectivity index (χ1n) is 5.31. The summed E-state index contributed by atoms with van der Waals surface area (Å²) < 4.78 is 5.57. The summed E-state index contributed by atoms with van der Waals surface area (Å²) >= 11 is 11.8. The highest BCUT2D eigenvalue weighted by atomic mass is 35.5. The second kappa shape index (κ2) is 5.89. The van der Waals surface area contributed by atoms with Crippen molar-refractivity contribution in [1.29, 1.82) is 0 Å². The van der Waals surface area contributed by atoms with E-state index in [2.05, 4.69) is 0 Å². The summed E-state index contributed by atoms with van der Waals surface area (Å²) in [6, 6.07) is 12.7. The zero-order valence-corrected chi connectivity index (χ0v) is 10.9. The van der Waals surface area contributed by atoms with Crippen LogP contribution in [0.25, 0.3) is 0 Å². The van der Waals surface area contributed by atoms with Gasteiger partial charge in [-0.25, -0.2) is 0 Å². The maximum absolute atomic E-state index is 10.8. The molecule has 0 saturated heterocycles. The number of rotatable bonds is 4. The Hall–Kier alpha value is -1.51. The molecule has 0 fully saturated rings. The summed E-state index contributed by atoms with van der Waals surface area (Å²) in [6.07, 6.45) is 0.675. The van der Waals surface area contributed by atoms with Crippen molar-refractivity contribution in [1.82, 2.24) is 0 Å². The first-order valence-corrected chi connectivity index (χ1v) is 6.07. The van der Waals surface area contributed by atoms with Crippen LogP contribution >= 0.6 is 23.2 Å². The van der Waals surface area contributed by atoms with Crippen molar-refractivity contribution in [2.24, 2.45) is 0 Å². The van der Waals surface area contributed by atoms with Crippen LogP contribution in [0.4, 0.5) is 0 Å². The summed E-state index contributed by atoms with van der Waals surface area (Å²) in [5, 5.41) is 0.712. The number of ether oxygens (including phenoxy) is 1. The molecule has 0 aliphatic carbocycles. The van der Waals surface area contributed by atoms with E-state index in [1.165, 1.54) is 6.07 Å². The maximum Gasteiger partial charge on any atom is 0.151 e. The van der Waals surface area contributed by atoms with Gasteiger partial charge in [0.05, 0.1) is 10.0 Å². The fraction of sp³-hybridized carbons (Fsp3) is 0.0714. The molecule has 2 nitrogen and oxygen atoms in total. The lowest BCUT2D eigenvalue weighted by Crippen LogP contribution is -1.96. The number of benzene rings is 2. The highest BCUT2D eigenvalue weighted by Crippen LogP contribution is 2.30. The molecular weight excluding hydrogens is 271 g/mol. The molecule has 0 aliphatic rings.